The topological polar surface area (TPSA) is 32.5 Å². The third kappa shape index (κ3) is 2.65. The van der Waals surface area contributed by atoms with E-state index in [4.69, 9.17) is 5.73 Å². The monoisotopic (exact) mass is 251 g/mol. The van der Waals surface area contributed by atoms with Crippen LogP contribution in [0.15, 0.2) is 18.2 Å². The summed E-state index contributed by atoms with van der Waals surface area (Å²) in [6, 6.07) is 5.76. The zero-order valence-corrected chi connectivity index (χ0v) is 11.2. The Labute approximate surface area is 108 Å². The second-order valence-electron chi connectivity index (χ2n) is 5.15. The molecule has 1 aromatic rings. The molecular weight excluding hydrogens is 229 g/mol. The fraction of sp³-hybridized carbons (Fsp3) is 0.571. The van der Waals surface area contributed by atoms with Crippen molar-refractivity contribution in [3.8, 4) is 0 Å². The maximum absolute atomic E-state index is 13.7. The lowest BCUT2D eigenvalue weighted by Gasteiger charge is -2.38. The molecule has 2 N–H and O–H groups in total. The number of nitrogens with two attached hydrogens (primary N) is 1. The highest BCUT2D eigenvalue weighted by molar-refractivity contribution is 5.54. The lowest BCUT2D eigenvalue weighted by atomic mass is 10.0. The van der Waals surface area contributed by atoms with E-state index in [1.807, 2.05) is 6.07 Å². The van der Waals surface area contributed by atoms with Crippen LogP contribution >= 0.6 is 0 Å². The van der Waals surface area contributed by atoms with Crippen LogP contribution < -0.4 is 10.6 Å². The van der Waals surface area contributed by atoms with E-state index in [2.05, 4.69) is 23.9 Å². The smallest absolute Gasteiger partial charge is 0.129 e. The van der Waals surface area contributed by atoms with Gasteiger partial charge < -0.3 is 15.5 Å². The minimum Gasteiger partial charge on any atom is -0.370 e. The van der Waals surface area contributed by atoms with Crippen molar-refractivity contribution in [2.75, 3.05) is 32.1 Å². The van der Waals surface area contributed by atoms with Gasteiger partial charge in [0, 0.05) is 36.9 Å². The molecule has 1 fully saturated rings. The SMILES string of the molecule is CN(C)C1CCCN(c2cccc(F)c2CN)C1. The lowest BCUT2D eigenvalue weighted by molar-refractivity contribution is 0.258. The normalized spacial score (nSPS) is 20.5. The van der Waals surface area contributed by atoms with Gasteiger partial charge in [-0.25, -0.2) is 4.39 Å². The average Bonchev–Trinajstić information content (AvgIpc) is 2.38. The summed E-state index contributed by atoms with van der Waals surface area (Å²) in [5.41, 5.74) is 7.27. The van der Waals surface area contributed by atoms with Gasteiger partial charge in [-0.3, -0.25) is 0 Å². The second-order valence-corrected chi connectivity index (χ2v) is 5.15. The summed E-state index contributed by atoms with van der Waals surface area (Å²) in [6.07, 6.45) is 2.35. The molecule has 0 saturated carbocycles. The van der Waals surface area contributed by atoms with Crippen LogP contribution in [0, 0.1) is 5.82 Å². The summed E-state index contributed by atoms with van der Waals surface area (Å²) in [5.74, 6) is -0.193. The van der Waals surface area contributed by atoms with Gasteiger partial charge in [0.25, 0.3) is 0 Å². The van der Waals surface area contributed by atoms with Crippen molar-refractivity contribution < 1.29 is 4.39 Å². The van der Waals surface area contributed by atoms with Gasteiger partial charge >= 0.3 is 0 Å². The number of halogens is 1. The summed E-state index contributed by atoms with van der Waals surface area (Å²) >= 11 is 0. The summed E-state index contributed by atoms with van der Waals surface area (Å²) < 4.78 is 13.7. The summed E-state index contributed by atoms with van der Waals surface area (Å²) in [5, 5.41) is 0. The molecule has 1 atom stereocenters. The number of hydrogen-bond donors (Lipinski definition) is 1. The third-order valence-corrected chi connectivity index (χ3v) is 3.77. The lowest BCUT2D eigenvalue weighted by Crippen LogP contribution is -2.45. The first-order valence-corrected chi connectivity index (χ1v) is 6.52. The fourth-order valence-corrected chi connectivity index (χ4v) is 2.64. The van der Waals surface area contributed by atoms with Crippen LogP contribution in [-0.4, -0.2) is 38.1 Å². The van der Waals surface area contributed by atoms with Crippen LogP contribution in [0.1, 0.15) is 18.4 Å². The molecule has 1 unspecified atom stereocenters. The standard InChI is InChI=1S/C14H22FN3/c1-17(2)11-5-4-8-18(10-11)14-7-3-6-13(15)12(14)9-16/h3,6-7,11H,4-5,8-10,16H2,1-2H3. The second kappa shape index (κ2) is 5.67. The Balaban J connectivity index is 2.23. The van der Waals surface area contributed by atoms with Gasteiger partial charge in [-0.2, -0.15) is 0 Å². The molecule has 1 aliphatic rings. The molecule has 1 aliphatic heterocycles. The number of piperidine rings is 1. The maximum atomic E-state index is 13.7. The van der Waals surface area contributed by atoms with E-state index >= 15 is 0 Å². The summed E-state index contributed by atoms with van der Waals surface area (Å²) in [4.78, 5) is 4.51. The van der Waals surface area contributed by atoms with Crippen LogP contribution in [0.3, 0.4) is 0 Å². The molecule has 3 nitrogen and oxygen atoms in total. The molecule has 0 radical (unpaired) electrons. The van der Waals surface area contributed by atoms with E-state index in [1.54, 1.807) is 6.07 Å². The van der Waals surface area contributed by atoms with Gasteiger partial charge in [0.05, 0.1) is 0 Å². The Bertz CT molecular complexity index is 406. The van der Waals surface area contributed by atoms with Crippen molar-refractivity contribution in [3.63, 3.8) is 0 Å². The molecule has 0 aliphatic carbocycles. The summed E-state index contributed by atoms with van der Waals surface area (Å²) in [7, 11) is 4.20. The van der Waals surface area contributed by atoms with Gasteiger partial charge in [-0.15, -0.1) is 0 Å². The van der Waals surface area contributed by atoms with Gasteiger partial charge in [0.1, 0.15) is 5.82 Å². The first kappa shape index (κ1) is 13.3. The minimum absolute atomic E-state index is 0.193. The number of rotatable bonds is 3. The average molecular weight is 251 g/mol. The third-order valence-electron chi connectivity index (χ3n) is 3.77. The van der Waals surface area contributed by atoms with Crippen molar-refractivity contribution >= 4 is 5.69 Å². The molecule has 1 heterocycles. The van der Waals surface area contributed by atoms with E-state index in [1.165, 1.54) is 12.5 Å². The molecule has 1 aromatic carbocycles. The van der Waals surface area contributed by atoms with Crippen molar-refractivity contribution in [1.82, 2.24) is 4.90 Å². The van der Waals surface area contributed by atoms with Gasteiger partial charge in [0.2, 0.25) is 0 Å². The maximum Gasteiger partial charge on any atom is 0.129 e. The Hall–Kier alpha value is -1.13. The zero-order chi connectivity index (χ0) is 13.1. The van der Waals surface area contributed by atoms with Gasteiger partial charge in [0.15, 0.2) is 0 Å². The van der Waals surface area contributed by atoms with Gasteiger partial charge in [-0.05, 0) is 39.1 Å². The van der Waals surface area contributed by atoms with E-state index in [-0.39, 0.29) is 12.4 Å². The largest absolute Gasteiger partial charge is 0.370 e. The van der Waals surface area contributed by atoms with Crippen molar-refractivity contribution in [1.29, 1.82) is 0 Å². The first-order valence-electron chi connectivity index (χ1n) is 6.52. The van der Waals surface area contributed by atoms with Crippen LogP contribution in [-0.2, 0) is 6.54 Å². The molecule has 0 amide bonds. The molecule has 18 heavy (non-hydrogen) atoms. The molecular formula is C14H22FN3. The van der Waals surface area contributed by atoms with Crippen molar-refractivity contribution in [2.45, 2.75) is 25.4 Å². The van der Waals surface area contributed by atoms with E-state index in [9.17, 15) is 4.39 Å². The zero-order valence-electron chi connectivity index (χ0n) is 11.2. The predicted molar refractivity (Wildman–Crippen MR) is 73.2 cm³/mol. The number of likely N-dealkylation sites (N-methyl/N-ethyl adjacent to an activating group) is 1. The quantitative estimate of drug-likeness (QED) is 0.889. The first-order chi connectivity index (χ1) is 8.63. The van der Waals surface area contributed by atoms with E-state index in [0.29, 0.717) is 11.6 Å². The van der Waals surface area contributed by atoms with E-state index < -0.39 is 0 Å². The molecule has 1 saturated heterocycles. The fourth-order valence-electron chi connectivity index (χ4n) is 2.64. The number of anilines is 1. The molecule has 4 heteroatoms. The molecule has 100 valence electrons. The van der Waals surface area contributed by atoms with Crippen LogP contribution in [0.25, 0.3) is 0 Å². The van der Waals surface area contributed by atoms with Crippen LogP contribution in [0.4, 0.5) is 10.1 Å². The molecule has 0 spiro atoms. The Morgan fingerprint density at radius 2 is 2.22 bits per heavy atom. The van der Waals surface area contributed by atoms with Crippen LogP contribution in [0.2, 0.25) is 0 Å². The minimum atomic E-state index is -0.193. The Morgan fingerprint density at radius 1 is 1.44 bits per heavy atom. The van der Waals surface area contributed by atoms with Gasteiger partial charge in [-0.1, -0.05) is 6.07 Å². The molecule has 0 bridgehead atoms. The Kier molecular flexibility index (Phi) is 4.19. The number of nitrogens with zero attached hydrogens (tertiary/aromatic N) is 2. The predicted octanol–water partition coefficient (Wildman–Crippen LogP) is 1.81. The van der Waals surface area contributed by atoms with Crippen molar-refractivity contribution in [3.05, 3.63) is 29.6 Å². The summed E-state index contributed by atoms with van der Waals surface area (Å²) in [6.45, 7) is 2.19. The molecule has 0 aromatic heterocycles. The van der Waals surface area contributed by atoms with Crippen molar-refractivity contribution in [2.24, 2.45) is 5.73 Å². The number of hydrogen-bond acceptors (Lipinski definition) is 3. The number of benzene rings is 1. The van der Waals surface area contributed by atoms with E-state index in [0.717, 1.165) is 25.2 Å². The highest BCUT2D eigenvalue weighted by Gasteiger charge is 2.23. The highest BCUT2D eigenvalue weighted by atomic mass is 19.1. The highest BCUT2D eigenvalue weighted by Crippen LogP contribution is 2.26. The van der Waals surface area contributed by atoms with Crippen LogP contribution in [0.5, 0.6) is 0 Å². The Morgan fingerprint density at radius 3 is 2.89 bits per heavy atom. The molecule has 2 rings (SSSR count).